The summed E-state index contributed by atoms with van der Waals surface area (Å²) >= 11 is 9.54. The lowest BCUT2D eigenvalue weighted by Crippen LogP contribution is -2.22. The summed E-state index contributed by atoms with van der Waals surface area (Å²) in [6.45, 7) is 3.73. The van der Waals surface area contributed by atoms with Crippen molar-refractivity contribution in [2.24, 2.45) is 5.10 Å². The molecule has 2 aromatic carbocycles. The lowest BCUT2D eigenvalue weighted by Gasteiger charge is -2.13. The molecule has 0 unspecified atom stereocenters. The fourth-order valence-electron chi connectivity index (χ4n) is 3.68. The number of benzene rings is 2. The zero-order chi connectivity index (χ0) is 22.8. The quantitative estimate of drug-likeness (QED) is 0.417. The first-order valence-electron chi connectivity index (χ1n) is 10.2. The Bertz CT molecular complexity index is 1250. The minimum Gasteiger partial charge on any atom is -0.455 e. The third-order valence-electron chi connectivity index (χ3n) is 5.37. The van der Waals surface area contributed by atoms with Crippen molar-refractivity contribution in [3.8, 4) is 0 Å². The number of hydrazone groups is 1. The smallest absolute Gasteiger partial charge is 0.291 e. The molecule has 2 N–H and O–H groups in total. The molecule has 164 valence electrons. The van der Waals surface area contributed by atoms with Gasteiger partial charge in [-0.2, -0.15) is 5.10 Å². The number of fused-ring (bicyclic) bond motifs is 1. The summed E-state index contributed by atoms with van der Waals surface area (Å²) in [4.78, 5) is 25.4. The Balaban J connectivity index is 1.57. The van der Waals surface area contributed by atoms with Crippen LogP contribution in [0.15, 0.2) is 56.5 Å². The third-order valence-corrected chi connectivity index (χ3v) is 6.47. The zero-order valence-corrected chi connectivity index (χ0v) is 19.9. The van der Waals surface area contributed by atoms with Crippen LogP contribution in [0.4, 0.5) is 5.69 Å². The number of anilines is 1. The molecule has 2 amide bonds. The lowest BCUT2D eigenvalue weighted by atomic mass is 9.93. The maximum atomic E-state index is 12.9. The summed E-state index contributed by atoms with van der Waals surface area (Å²) < 4.78 is 6.61. The van der Waals surface area contributed by atoms with Crippen molar-refractivity contribution in [3.63, 3.8) is 0 Å². The van der Waals surface area contributed by atoms with Gasteiger partial charge in [-0.3, -0.25) is 9.59 Å². The van der Waals surface area contributed by atoms with Gasteiger partial charge in [-0.1, -0.05) is 29.8 Å². The number of nitrogens with zero attached hydrogens (tertiary/aromatic N) is 1. The molecule has 1 heterocycles. The first-order chi connectivity index (χ1) is 15.3. The van der Waals surface area contributed by atoms with Crippen LogP contribution in [0.25, 0.3) is 0 Å². The molecule has 0 fully saturated rings. The number of carbonyl (C=O) groups is 2. The summed E-state index contributed by atoms with van der Waals surface area (Å²) in [7, 11) is 0. The highest BCUT2D eigenvalue weighted by atomic mass is 79.9. The normalized spacial score (nSPS) is 14.2. The number of rotatable bonds is 4. The van der Waals surface area contributed by atoms with Crippen molar-refractivity contribution in [2.45, 2.75) is 33.1 Å². The number of amides is 2. The molecule has 0 spiro atoms. The van der Waals surface area contributed by atoms with Gasteiger partial charge in [0.2, 0.25) is 0 Å². The van der Waals surface area contributed by atoms with Gasteiger partial charge in [-0.05, 0) is 72.4 Å². The van der Waals surface area contributed by atoms with E-state index in [1.165, 1.54) is 0 Å². The molecule has 0 saturated carbocycles. The highest BCUT2D eigenvalue weighted by Crippen LogP contribution is 2.31. The van der Waals surface area contributed by atoms with E-state index in [2.05, 4.69) is 31.8 Å². The fourth-order valence-corrected chi connectivity index (χ4v) is 4.32. The van der Waals surface area contributed by atoms with E-state index in [0.29, 0.717) is 50.6 Å². The maximum absolute atomic E-state index is 12.9. The molecular formula is C24H21BrClN3O3. The second-order valence-corrected chi connectivity index (χ2v) is 8.87. The molecule has 0 bridgehead atoms. The van der Waals surface area contributed by atoms with Crippen molar-refractivity contribution in [1.82, 2.24) is 5.43 Å². The summed E-state index contributed by atoms with van der Waals surface area (Å²) in [5, 5.41) is 7.78. The van der Waals surface area contributed by atoms with Crippen LogP contribution in [-0.4, -0.2) is 17.5 Å². The molecule has 0 aliphatic heterocycles. The lowest BCUT2D eigenvalue weighted by molar-refractivity contribution is 0.0952. The number of halogens is 2. The number of hydrogen-bond acceptors (Lipinski definition) is 4. The van der Waals surface area contributed by atoms with E-state index >= 15 is 0 Å². The van der Waals surface area contributed by atoms with Gasteiger partial charge in [-0.25, -0.2) is 5.43 Å². The standard InChI is InChI=1S/C24H21BrClN3O3/c1-13-10-11-15(12-18(13)26)27-24(31)22-14(2)21-19(8-5-9-20(21)32-22)28-29-23(30)16-6-3-4-7-17(16)25/h3-4,6-7,10-12H,5,8-9H2,1-2H3,(H,27,31)(H,29,30)/b28-19+. The first kappa shape index (κ1) is 22.3. The SMILES string of the molecule is Cc1ccc(NC(=O)c2oc3c(c2C)/C(=N/NC(=O)c2ccccc2Br)CCC3)cc1Cl. The molecule has 0 atom stereocenters. The highest BCUT2D eigenvalue weighted by Gasteiger charge is 2.28. The molecule has 0 radical (unpaired) electrons. The van der Waals surface area contributed by atoms with Crippen molar-refractivity contribution < 1.29 is 14.0 Å². The average molecular weight is 515 g/mol. The van der Waals surface area contributed by atoms with Gasteiger partial charge in [0.05, 0.1) is 11.3 Å². The molecule has 4 rings (SSSR count). The number of hydrogen-bond donors (Lipinski definition) is 2. The summed E-state index contributed by atoms with van der Waals surface area (Å²) in [6.07, 6.45) is 2.20. The summed E-state index contributed by atoms with van der Waals surface area (Å²) in [6, 6.07) is 12.5. The number of aryl methyl sites for hydroxylation is 2. The van der Waals surface area contributed by atoms with Crippen LogP contribution in [0.5, 0.6) is 0 Å². The van der Waals surface area contributed by atoms with E-state index in [1.807, 2.05) is 26.0 Å². The Morgan fingerprint density at radius 2 is 1.88 bits per heavy atom. The molecule has 1 aromatic heterocycles. The second-order valence-electron chi connectivity index (χ2n) is 7.61. The minimum absolute atomic E-state index is 0.235. The van der Waals surface area contributed by atoms with Gasteiger partial charge < -0.3 is 9.73 Å². The predicted molar refractivity (Wildman–Crippen MR) is 129 cm³/mol. The van der Waals surface area contributed by atoms with E-state index in [9.17, 15) is 9.59 Å². The Hall–Kier alpha value is -2.90. The number of carbonyl (C=O) groups excluding carboxylic acids is 2. The Kier molecular flexibility index (Phi) is 6.48. The predicted octanol–water partition coefficient (Wildman–Crippen LogP) is 6.04. The first-order valence-corrected chi connectivity index (χ1v) is 11.3. The van der Waals surface area contributed by atoms with E-state index < -0.39 is 0 Å². The topological polar surface area (TPSA) is 83.7 Å². The third kappa shape index (κ3) is 4.49. The van der Waals surface area contributed by atoms with Crippen molar-refractivity contribution in [3.05, 3.63) is 85.7 Å². The van der Waals surface area contributed by atoms with Gasteiger partial charge in [0.25, 0.3) is 11.8 Å². The van der Waals surface area contributed by atoms with Gasteiger partial charge in [0, 0.05) is 32.7 Å². The fraction of sp³-hybridized carbons (Fsp3) is 0.208. The van der Waals surface area contributed by atoms with Crippen molar-refractivity contribution in [2.75, 3.05) is 5.32 Å². The van der Waals surface area contributed by atoms with Crippen LogP contribution in [0.1, 0.15) is 56.2 Å². The number of nitrogens with one attached hydrogen (secondary N) is 2. The Morgan fingerprint density at radius 1 is 1.09 bits per heavy atom. The van der Waals surface area contributed by atoms with Crippen molar-refractivity contribution in [1.29, 1.82) is 0 Å². The van der Waals surface area contributed by atoms with Crippen LogP contribution >= 0.6 is 27.5 Å². The molecule has 1 aliphatic carbocycles. The van der Waals surface area contributed by atoms with Crippen LogP contribution in [0, 0.1) is 13.8 Å². The van der Waals surface area contributed by atoms with Crippen molar-refractivity contribution >= 4 is 50.7 Å². The Labute approximate surface area is 199 Å². The van der Waals surface area contributed by atoms with Crippen LogP contribution in [0.2, 0.25) is 5.02 Å². The molecule has 6 nitrogen and oxygen atoms in total. The van der Waals surface area contributed by atoms with E-state index in [-0.39, 0.29) is 17.6 Å². The molecule has 32 heavy (non-hydrogen) atoms. The Morgan fingerprint density at radius 3 is 2.62 bits per heavy atom. The largest absolute Gasteiger partial charge is 0.455 e. The second kappa shape index (κ2) is 9.30. The molecule has 8 heteroatoms. The van der Waals surface area contributed by atoms with E-state index in [4.69, 9.17) is 16.0 Å². The molecule has 1 aliphatic rings. The van der Waals surface area contributed by atoms with Gasteiger partial charge in [0.1, 0.15) is 5.76 Å². The van der Waals surface area contributed by atoms with Gasteiger partial charge in [0.15, 0.2) is 5.76 Å². The van der Waals surface area contributed by atoms with Gasteiger partial charge in [-0.15, -0.1) is 0 Å². The summed E-state index contributed by atoms with van der Waals surface area (Å²) in [5.41, 5.74) is 6.83. The molecule has 3 aromatic rings. The maximum Gasteiger partial charge on any atom is 0.291 e. The van der Waals surface area contributed by atoms with Crippen LogP contribution < -0.4 is 10.7 Å². The minimum atomic E-state index is -0.353. The molecular weight excluding hydrogens is 494 g/mol. The molecule has 0 saturated heterocycles. The van der Waals surface area contributed by atoms with Crippen LogP contribution in [0.3, 0.4) is 0 Å². The van der Waals surface area contributed by atoms with Gasteiger partial charge >= 0.3 is 0 Å². The van der Waals surface area contributed by atoms with E-state index in [0.717, 1.165) is 17.5 Å². The average Bonchev–Trinajstić information content (AvgIpc) is 3.12. The highest BCUT2D eigenvalue weighted by molar-refractivity contribution is 9.10. The van der Waals surface area contributed by atoms with Crippen LogP contribution in [-0.2, 0) is 6.42 Å². The monoisotopic (exact) mass is 513 g/mol. The summed E-state index contributed by atoms with van der Waals surface area (Å²) in [5.74, 6) is 0.272. The number of furan rings is 1. The zero-order valence-electron chi connectivity index (χ0n) is 17.6. The van der Waals surface area contributed by atoms with E-state index in [1.54, 1.807) is 30.3 Å².